The highest BCUT2D eigenvalue weighted by atomic mass is 16.5. The smallest absolute Gasteiger partial charge is 0.186 e. The minimum atomic E-state index is 0.00810. The lowest BCUT2D eigenvalue weighted by molar-refractivity contribution is 0.104. The van der Waals surface area contributed by atoms with Crippen LogP contribution < -0.4 is 4.74 Å². The Kier molecular flexibility index (Phi) is 3.84. The van der Waals surface area contributed by atoms with E-state index in [1.54, 1.807) is 13.2 Å². The Morgan fingerprint density at radius 1 is 0.750 bits per heavy atom. The van der Waals surface area contributed by atoms with Gasteiger partial charge in [-0.1, -0.05) is 66.7 Å². The molecule has 0 atom stereocenters. The first-order chi connectivity index (χ1) is 13.7. The van der Waals surface area contributed by atoms with E-state index in [-0.39, 0.29) is 5.78 Å². The topological polar surface area (TPSA) is 26.3 Å². The van der Waals surface area contributed by atoms with Crippen molar-refractivity contribution in [2.24, 2.45) is 0 Å². The summed E-state index contributed by atoms with van der Waals surface area (Å²) in [4.78, 5) is 13.0. The molecule has 0 spiro atoms. The molecule has 0 heterocycles. The molecule has 2 heteroatoms. The third-order valence-corrected chi connectivity index (χ3v) is 5.34. The third-order valence-electron chi connectivity index (χ3n) is 5.34. The van der Waals surface area contributed by atoms with E-state index in [4.69, 9.17) is 4.74 Å². The summed E-state index contributed by atoms with van der Waals surface area (Å²) in [5.41, 5.74) is 1.70. The number of rotatable bonds is 4. The highest BCUT2D eigenvalue weighted by Gasteiger charge is 2.13. The Balaban J connectivity index is 1.61. The van der Waals surface area contributed by atoms with E-state index >= 15 is 0 Å². The average Bonchev–Trinajstić information content (AvgIpc) is 2.76. The number of hydrogen-bond acceptors (Lipinski definition) is 2. The monoisotopic (exact) mass is 362 g/mol. The van der Waals surface area contributed by atoms with E-state index < -0.39 is 0 Å². The molecule has 0 amide bonds. The largest absolute Gasteiger partial charge is 0.497 e. The minimum Gasteiger partial charge on any atom is -0.497 e. The number of carbonyl (C=O) groups is 1. The molecule has 28 heavy (non-hydrogen) atoms. The highest BCUT2D eigenvalue weighted by molar-refractivity contribution is 6.27. The Labute approximate surface area is 163 Å². The summed E-state index contributed by atoms with van der Waals surface area (Å²) in [6.45, 7) is 0. The number of ketones is 1. The van der Waals surface area contributed by atoms with Crippen LogP contribution in [-0.4, -0.2) is 12.9 Å². The molecule has 0 N–H and O–H groups in total. The van der Waals surface area contributed by atoms with Gasteiger partial charge in [0.1, 0.15) is 5.75 Å². The molecule has 2 nitrogen and oxygen atoms in total. The summed E-state index contributed by atoms with van der Waals surface area (Å²) in [6.07, 6.45) is 3.49. The van der Waals surface area contributed by atoms with Crippen molar-refractivity contribution in [2.75, 3.05) is 7.11 Å². The van der Waals surface area contributed by atoms with Gasteiger partial charge in [0.15, 0.2) is 5.78 Å². The molecule has 5 aromatic carbocycles. The maximum Gasteiger partial charge on any atom is 0.186 e. The quantitative estimate of drug-likeness (QED) is 0.207. The van der Waals surface area contributed by atoms with E-state index in [1.807, 2.05) is 42.5 Å². The summed E-state index contributed by atoms with van der Waals surface area (Å²) in [5, 5.41) is 6.97. The molecule has 0 aromatic heterocycles. The van der Waals surface area contributed by atoms with Gasteiger partial charge in [-0.05, 0) is 62.2 Å². The maximum absolute atomic E-state index is 13.0. The lowest BCUT2D eigenvalue weighted by Gasteiger charge is -2.12. The molecule has 0 aliphatic rings. The van der Waals surface area contributed by atoms with Crippen LogP contribution in [0.25, 0.3) is 38.4 Å². The predicted molar refractivity (Wildman–Crippen MR) is 117 cm³/mol. The van der Waals surface area contributed by atoms with Crippen LogP contribution in [0.2, 0.25) is 0 Å². The van der Waals surface area contributed by atoms with Gasteiger partial charge in [0.25, 0.3) is 0 Å². The molecule has 5 rings (SSSR count). The lowest BCUT2D eigenvalue weighted by atomic mass is 9.91. The van der Waals surface area contributed by atoms with E-state index in [0.717, 1.165) is 27.6 Å². The van der Waals surface area contributed by atoms with Gasteiger partial charge < -0.3 is 4.74 Å². The van der Waals surface area contributed by atoms with Crippen molar-refractivity contribution in [3.63, 3.8) is 0 Å². The molecule has 0 radical (unpaired) electrons. The highest BCUT2D eigenvalue weighted by Crippen LogP contribution is 2.36. The van der Waals surface area contributed by atoms with Gasteiger partial charge in [0.2, 0.25) is 0 Å². The minimum absolute atomic E-state index is 0.00810. The van der Waals surface area contributed by atoms with Crippen molar-refractivity contribution in [3.8, 4) is 5.75 Å². The Morgan fingerprint density at radius 3 is 2.11 bits per heavy atom. The van der Waals surface area contributed by atoms with Gasteiger partial charge in [-0.25, -0.2) is 0 Å². The second-order valence-corrected chi connectivity index (χ2v) is 6.94. The molecule has 0 saturated carbocycles. The van der Waals surface area contributed by atoms with Crippen LogP contribution in [0.1, 0.15) is 15.9 Å². The molecule has 0 aliphatic heterocycles. The molecular weight excluding hydrogens is 344 g/mol. The first-order valence-electron chi connectivity index (χ1n) is 9.27. The Bertz CT molecular complexity index is 1330. The normalized spacial score (nSPS) is 11.8. The zero-order valence-corrected chi connectivity index (χ0v) is 15.5. The molecule has 0 fully saturated rings. The number of benzene rings is 5. The third kappa shape index (κ3) is 2.62. The van der Waals surface area contributed by atoms with E-state index in [0.29, 0.717) is 0 Å². The summed E-state index contributed by atoms with van der Waals surface area (Å²) in [6, 6.07) is 26.4. The lowest BCUT2D eigenvalue weighted by Crippen LogP contribution is -1.97. The molecule has 0 unspecified atom stereocenters. The standard InChI is InChI=1S/C26H18O2/c1-28-21-12-5-17(6-13-21)7-16-24(27)22-14-10-20-9-8-18-3-2-4-19-11-15-23(22)26(20)25(18)19/h2-16H,1H3/b16-7+. The molecular formula is C26H18O2. The molecule has 5 aromatic rings. The van der Waals surface area contributed by atoms with Crippen molar-refractivity contribution in [1.82, 2.24) is 0 Å². The van der Waals surface area contributed by atoms with E-state index in [1.165, 1.54) is 21.5 Å². The second-order valence-electron chi connectivity index (χ2n) is 6.94. The summed E-state index contributed by atoms with van der Waals surface area (Å²) in [5.74, 6) is 0.809. The van der Waals surface area contributed by atoms with Crippen LogP contribution in [0.15, 0.2) is 84.9 Å². The summed E-state index contributed by atoms with van der Waals surface area (Å²) < 4.78 is 5.18. The number of hydrogen-bond donors (Lipinski definition) is 0. The van der Waals surface area contributed by atoms with Crippen molar-refractivity contribution < 1.29 is 9.53 Å². The van der Waals surface area contributed by atoms with Crippen molar-refractivity contribution in [1.29, 1.82) is 0 Å². The zero-order valence-electron chi connectivity index (χ0n) is 15.5. The van der Waals surface area contributed by atoms with Crippen molar-refractivity contribution in [2.45, 2.75) is 0 Å². The van der Waals surface area contributed by atoms with Gasteiger partial charge in [-0.3, -0.25) is 4.79 Å². The SMILES string of the molecule is COc1ccc(/C=C/C(=O)c2ccc3ccc4cccc5ccc2c3c45)cc1. The average molecular weight is 362 g/mol. The van der Waals surface area contributed by atoms with Crippen molar-refractivity contribution >= 4 is 44.2 Å². The molecule has 0 saturated heterocycles. The predicted octanol–water partition coefficient (Wildman–Crippen LogP) is 6.49. The van der Waals surface area contributed by atoms with Gasteiger partial charge in [0, 0.05) is 5.56 Å². The van der Waals surface area contributed by atoms with Crippen LogP contribution >= 0.6 is 0 Å². The van der Waals surface area contributed by atoms with Gasteiger partial charge in [-0.2, -0.15) is 0 Å². The fraction of sp³-hybridized carbons (Fsp3) is 0.0385. The van der Waals surface area contributed by atoms with Gasteiger partial charge in [-0.15, -0.1) is 0 Å². The fourth-order valence-corrected chi connectivity index (χ4v) is 3.93. The molecule has 134 valence electrons. The Hall–Kier alpha value is -3.65. The van der Waals surface area contributed by atoms with Gasteiger partial charge >= 0.3 is 0 Å². The van der Waals surface area contributed by atoms with E-state index in [2.05, 4.69) is 42.5 Å². The van der Waals surface area contributed by atoms with Crippen LogP contribution in [0.4, 0.5) is 0 Å². The van der Waals surface area contributed by atoms with E-state index in [9.17, 15) is 4.79 Å². The first kappa shape index (κ1) is 16.5. The zero-order chi connectivity index (χ0) is 19.1. The van der Waals surface area contributed by atoms with Crippen LogP contribution in [0.3, 0.4) is 0 Å². The Morgan fingerprint density at radius 2 is 1.39 bits per heavy atom. The van der Waals surface area contributed by atoms with Crippen LogP contribution in [-0.2, 0) is 0 Å². The van der Waals surface area contributed by atoms with Crippen molar-refractivity contribution in [3.05, 3.63) is 96.1 Å². The van der Waals surface area contributed by atoms with Crippen LogP contribution in [0.5, 0.6) is 5.75 Å². The fourth-order valence-electron chi connectivity index (χ4n) is 3.93. The number of ether oxygens (including phenoxy) is 1. The summed E-state index contributed by atoms with van der Waals surface area (Å²) in [7, 11) is 1.64. The summed E-state index contributed by atoms with van der Waals surface area (Å²) >= 11 is 0. The molecule has 0 bridgehead atoms. The van der Waals surface area contributed by atoms with Crippen LogP contribution in [0, 0.1) is 0 Å². The maximum atomic E-state index is 13.0. The van der Waals surface area contributed by atoms with Gasteiger partial charge in [0.05, 0.1) is 7.11 Å². The number of methoxy groups -OCH3 is 1. The number of allylic oxidation sites excluding steroid dienone is 1. The first-order valence-corrected chi connectivity index (χ1v) is 9.27. The number of carbonyl (C=O) groups excluding carboxylic acids is 1. The second kappa shape index (κ2) is 6.50. The molecule has 0 aliphatic carbocycles.